The van der Waals surface area contributed by atoms with Gasteiger partial charge in [-0.1, -0.05) is 17.7 Å². The quantitative estimate of drug-likeness (QED) is 0.862. The van der Waals surface area contributed by atoms with Crippen molar-refractivity contribution < 1.29 is 4.74 Å². The standard InChI is InChI=1S/C14H22N2O/c1-11-5-6-14-12(8-11)4-3-7-16(14)13(9-15)10-17-2/h5-6,8,13H,3-4,7,9-10,15H2,1-2H3. The molecule has 3 heteroatoms. The lowest BCUT2D eigenvalue weighted by Crippen LogP contribution is -2.46. The number of anilines is 1. The second-order valence-electron chi connectivity index (χ2n) is 4.77. The van der Waals surface area contributed by atoms with Gasteiger partial charge in [-0.25, -0.2) is 0 Å². The molecule has 0 saturated carbocycles. The molecule has 0 spiro atoms. The number of hydrogen-bond donors (Lipinski definition) is 1. The minimum Gasteiger partial charge on any atom is -0.383 e. The molecular weight excluding hydrogens is 212 g/mol. The van der Waals surface area contributed by atoms with Crippen LogP contribution in [-0.4, -0.2) is 32.8 Å². The number of fused-ring (bicyclic) bond motifs is 1. The molecule has 1 atom stereocenters. The lowest BCUT2D eigenvalue weighted by atomic mass is 9.98. The van der Waals surface area contributed by atoms with E-state index in [0.717, 1.165) is 6.54 Å². The topological polar surface area (TPSA) is 38.5 Å². The first-order valence-corrected chi connectivity index (χ1v) is 6.31. The van der Waals surface area contributed by atoms with Crippen LogP contribution < -0.4 is 10.6 Å². The Bertz CT molecular complexity index is 378. The fourth-order valence-electron chi connectivity index (χ4n) is 2.61. The highest BCUT2D eigenvalue weighted by Crippen LogP contribution is 2.29. The van der Waals surface area contributed by atoms with Crippen molar-refractivity contribution in [2.24, 2.45) is 5.73 Å². The number of methoxy groups -OCH3 is 1. The summed E-state index contributed by atoms with van der Waals surface area (Å²) in [6.45, 7) is 4.57. The summed E-state index contributed by atoms with van der Waals surface area (Å²) in [5.74, 6) is 0. The van der Waals surface area contributed by atoms with Gasteiger partial charge in [0.25, 0.3) is 0 Å². The van der Waals surface area contributed by atoms with Crippen LogP contribution in [0.15, 0.2) is 18.2 Å². The Morgan fingerprint density at radius 2 is 2.29 bits per heavy atom. The van der Waals surface area contributed by atoms with Crippen LogP contribution in [0.2, 0.25) is 0 Å². The van der Waals surface area contributed by atoms with Crippen LogP contribution in [0.25, 0.3) is 0 Å². The molecule has 94 valence electrons. The molecule has 17 heavy (non-hydrogen) atoms. The van der Waals surface area contributed by atoms with E-state index in [1.165, 1.54) is 29.7 Å². The molecule has 1 aliphatic rings. The van der Waals surface area contributed by atoms with Crippen LogP contribution in [0.3, 0.4) is 0 Å². The van der Waals surface area contributed by atoms with Crippen molar-refractivity contribution in [3.05, 3.63) is 29.3 Å². The van der Waals surface area contributed by atoms with E-state index in [2.05, 4.69) is 30.0 Å². The predicted molar refractivity (Wildman–Crippen MR) is 71.6 cm³/mol. The summed E-state index contributed by atoms with van der Waals surface area (Å²) in [6, 6.07) is 6.99. The molecule has 3 nitrogen and oxygen atoms in total. The molecule has 1 aliphatic heterocycles. The van der Waals surface area contributed by atoms with E-state index in [0.29, 0.717) is 19.2 Å². The highest BCUT2D eigenvalue weighted by atomic mass is 16.5. The van der Waals surface area contributed by atoms with Gasteiger partial charge >= 0.3 is 0 Å². The molecule has 1 aromatic rings. The lowest BCUT2D eigenvalue weighted by molar-refractivity contribution is 0.177. The second-order valence-corrected chi connectivity index (χ2v) is 4.77. The average Bonchev–Trinajstić information content (AvgIpc) is 2.35. The number of hydrogen-bond acceptors (Lipinski definition) is 3. The summed E-state index contributed by atoms with van der Waals surface area (Å²) in [5.41, 5.74) is 9.98. The Morgan fingerprint density at radius 1 is 1.47 bits per heavy atom. The zero-order valence-corrected chi connectivity index (χ0v) is 10.8. The fraction of sp³-hybridized carbons (Fsp3) is 0.571. The summed E-state index contributed by atoms with van der Waals surface area (Å²) in [7, 11) is 1.74. The van der Waals surface area contributed by atoms with E-state index in [1.54, 1.807) is 7.11 Å². The fourth-order valence-corrected chi connectivity index (χ4v) is 2.61. The molecule has 0 fully saturated rings. The molecule has 0 bridgehead atoms. The van der Waals surface area contributed by atoms with Gasteiger partial charge < -0.3 is 15.4 Å². The van der Waals surface area contributed by atoms with E-state index in [9.17, 15) is 0 Å². The summed E-state index contributed by atoms with van der Waals surface area (Å²) in [6.07, 6.45) is 2.38. The molecule has 1 unspecified atom stereocenters. The Balaban J connectivity index is 2.27. The van der Waals surface area contributed by atoms with Gasteiger partial charge in [-0.2, -0.15) is 0 Å². The van der Waals surface area contributed by atoms with Gasteiger partial charge in [0, 0.05) is 25.9 Å². The van der Waals surface area contributed by atoms with Crippen LogP contribution in [0.1, 0.15) is 17.5 Å². The minimum absolute atomic E-state index is 0.293. The number of benzene rings is 1. The molecule has 1 heterocycles. The maximum Gasteiger partial charge on any atom is 0.0678 e. The predicted octanol–water partition coefficient (Wildman–Crippen LogP) is 1.72. The zero-order chi connectivity index (χ0) is 12.3. The first kappa shape index (κ1) is 12.4. The molecule has 0 saturated heterocycles. The van der Waals surface area contributed by atoms with Crippen molar-refractivity contribution in [3.8, 4) is 0 Å². The van der Waals surface area contributed by atoms with Crippen molar-refractivity contribution in [3.63, 3.8) is 0 Å². The second kappa shape index (κ2) is 5.52. The SMILES string of the molecule is COCC(CN)N1CCCc2cc(C)ccc21. The lowest BCUT2D eigenvalue weighted by Gasteiger charge is -2.37. The normalized spacial score (nSPS) is 16.8. The largest absolute Gasteiger partial charge is 0.383 e. The monoisotopic (exact) mass is 234 g/mol. The Morgan fingerprint density at radius 3 is 3.00 bits per heavy atom. The van der Waals surface area contributed by atoms with Crippen molar-refractivity contribution in [1.29, 1.82) is 0 Å². The van der Waals surface area contributed by atoms with Crippen molar-refractivity contribution in [1.82, 2.24) is 0 Å². The van der Waals surface area contributed by atoms with Crippen LogP contribution >= 0.6 is 0 Å². The number of ether oxygens (including phenoxy) is 1. The molecule has 0 amide bonds. The summed E-state index contributed by atoms with van der Waals surface area (Å²) in [5, 5.41) is 0. The Kier molecular flexibility index (Phi) is 4.02. The number of nitrogens with zero attached hydrogens (tertiary/aromatic N) is 1. The van der Waals surface area contributed by atoms with Gasteiger partial charge in [0.2, 0.25) is 0 Å². The van der Waals surface area contributed by atoms with Gasteiger partial charge in [-0.05, 0) is 31.4 Å². The van der Waals surface area contributed by atoms with Gasteiger partial charge in [0.1, 0.15) is 0 Å². The maximum absolute atomic E-state index is 5.86. The Hall–Kier alpha value is -1.06. The first-order chi connectivity index (χ1) is 8.26. The van der Waals surface area contributed by atoms with E-state index in [-0.39, 0.29) is 0 Å². The van der Waals surface area contributed by atoms with Gasteiger partial charge in [-0.15, -0.1) is 0 Å². The first-order valence-electron chi connectivity index (χ1n) is 6.31. The highest BCUT2D eigenvalue weighted by Gasteiger charge is 2.23. The van der Waals surface area contributed by atoms with E-state index >= 15 is 0 Å². The number of nitrogens with two attached hydrogens (primary N) is 1. The van der Waals surface area contributed by atoms with Crippen molar-refractivity contribution in [2.45, 2.75) is 25.8 Å². The van der Waals surface area contributed by atoms with Gasteiger partial charge in [0.15, 0.2) is 0 Å². The summed E-state index contributed by atoms with van der Waals surface area (Å²) >= 11 is 0. The third-order valence-electron chi connectivity index (χ3n) is 3.46. The van der Waals surface area contributed by atoms with Crippen LogP contribution in [0.5, 0.6) is 0 Å². The van der Waals surface area contributed by atoms with Crippen LogP contribution in [0, 0.1) is 6.92 Å². The zero-order valence-electron chi connectivity index (χ0n) is 10.8. The number of rotatable bonds is 4. The molecule has 0 radical (unpaired) electrons. The van der Waals surface area contributed by atoms with E-state index < -0.39 is 0 Å². The molecule has 0 aromatic heterocycles. The van der Waals surface area contributed by atoms with Gasteiger partial charge in [0.05, 0.1) is 12.6 Å². The maximum atomic E-state index is 5.86. The smallest absolute Gasteiger partial charge is 0.0678 e. The average molecular weight is 234 g/mol. The Labute approximate surface area is 104 Å². The minimum atomic E-state index is 0.293. The van der Waals surface area contributed by atoms with Crippen molar-refractivity contribution >= 4 is 5.69 Å². The molecule has 1 aromatic carbocycles. The summed E-state index contributed by atoms with van der Waals surface area (Å²) < 4.78 is 5.27. The van der Waals surface area contributed by atoms with Crippen LogP contribution in [0.4, 0.5) is 5.69 Å². The number of aryl methyl sites for hydroxylation is 2. The molecular formula is C14H22N2O. The van der Waals surface area contributed by atoms with E-state index in [4.69, 9.17) is 10.5 Å². The summed E-state index contributed by atoms with van der Waals surface area (Å²) in [4.78, 5) is 2.40. The third kappa shape index (κ3) is 2.61. The van der Waals surface area contributed by atoms with Crippen LogP contribution in [-0.2, 0) is 11.2 Å². The molecule has 2 N–H and O–H groups in total. The van der Waals surface area contributed by atoms with Crippen molar-refractivity contribution in [2.75, 3.05) is 31.7 Å². The third-order valence-corrected chi connectivity index (χ3v) is 3.46. The van der Waals surface area contributed by atoms with Gasteiger partial charge in [-0.3, -0.25) is 0 Å². The van der Waals surface area contributed by atoms with E-state index in [1.807, 2.05) is 0 Å². The highest BCUT2D eigenvalue weighted by molar-refractivity contribution is 5.57. The molecule has 0 aliphatic carbocycles. The molecule has 2 rings (SSSR count).